The van der Waals surface area contributed by atoms with Crippen LogP contribution in [0.5, 0.6) is 0 Å². The molecule has 4 rings (SSSR count). The number of nitrogens with one attached hydrogen (secondary N) is 1. The van der Waals surface area contributed by atoms with Gasteiger partial charge in [0, 0.05) is 5.92 Å². The summed E-state index contributed by atoms with van der Waals surface area (Å²) in [4.78, 5) is 12.6. The Balaban J connectivity index is 1.45. The summed E-state index contributed by atoms with van der Waals surface area (Å²) in [5.41, 5.74) is 3.19. The molecule has 2 aliphatic rings. The minimum atomic E-state index is -0.525. The summed E-state index contributed by atoms with van der Waals surface area (Å²) in [6, 6.07) is 10.3. The molecular formula is C18H18BrNO2S. The van der Waals surface area contributed by atoms with E-state index in [2.05, 4.69) is 44.8 Å². The van der Waals surface area contributed by atoms with Crippen molar-refractivity contribution in [3.05, 3.63) is 56.2 Å². The van der Waals surface area contributed by atoms with E-state index in [0.29, 0.717) is 18.8 Å². The van der Waals surface area contributed by atoms with Gasteiger partial charge in [0.1, 0.15) is 0 Å². The van der Waals surface area contributed by atoms with Gasteiger partial charge in [-0.2, -0.15) is 0 Å². The Bertz CT molecular complexity index is 732. The fraction of sp³-hybridized carbons (Fsp3) is 0.389. The van der Waals surface area contributed by atoms with Gasteiger partial charge in [-0.15, -0.1) is 11.3 Å². The van der Waals surface area contributed by atoms with Crippen molar-refractivity contribution in [2.75, 3.05) is 6.61 Å². The normalized spacial score (nSPS) is 24.3. The van der Waals surface area contributed by atoms with Crippen molar-refractivity contribution in [2.45, 2.75) is 30.7 Å². The Labute approximate surface area is 147 Å². The summed E-state index contributed by atoms with van der Waals surface area (Å²) in [7, 11) is 0. The summed E-state index contributed by atoms with van der Waals surface area (Å²) < 4.78 is 1.11. The number of benzene rings is 1. The van der Waals surface area contributed by atoms with Crippen LogP contribution in [0, 0.1) is 5.92 Å². The third-order valence-electron chi connectivity index (χ3n) is 5.01. The van der Waals surface area contributed by atoms with Gasteiger partial charge in [-0.3, -0.25) is 4.79 Å². The fourth-order valence-corrected chi connectivity index (χ4v) is 4.90. The summed E-state index contributed by atoms with van der Waals surface area (Å²) >= 11 is 5.14. The molecule has 1 saturated carbocycles. The molecule has 23 heavy (non-hydrogen) atoms. The van der Waals surface area contributed by atoms with Crippen LogP contribution in [0.4, 0.5) is 0 Å². The molecule has 0 unspecified atom stereocenters. The number of amides is 1. The minimum Gasteiger partial charge on any atom is -0.394 e. The highest BCUT2D eigenvalue weighted by Gasteiger charge is 2.47. The van der Waals surface area contributed by atoms with Gasteiger partial charge in [0.2, 0.25) is 5.91 Å². The summed E-state index contributed by atoms with van der Waals surface area (Å²) in [6.07, 6.45) is 2.34. The van der Waals surface area contributed by atoms with E-state index in [0.717, 1.165) is 10.2 Å². The van der Waals surface area contributed by atoms with Crippen LogP contribution < -0.4 is 5.32 Å². The lowest BCUT2D eigenvalue weighted by Gasteiger charge is -2.28. The van der Waals surface area contributed by atoms with Crippen molar-refractivity contribution in [3.8, 4) is 0 Å². The first-order valence-electron chi connectivity index (χ1n) is 7.84. The van der Waals surface area contributed by atoms with Gasteiger partial charge in [0.25, 0.3) is 0 Å². The first-order chi connectivity index (χ1) is 11.1. The van der Waals surface area contributed by atoms with E-state index in [1.165, 1.54) is 16.7 Å². The third-order valence-corrected chi connectivity index (χ3v) is 6.53. The van der Waals surface area contributed by atoms with Crippen LogP contribution in [-0.4, -0.2) is 23.2 Å². The van der Waals surface area contributed by atoms with E-state index in [1.54, 1.807) is 11.3 Å². The molecule has 1 aromatic carbocycles. The van der Waals surface area contributed by atoms with Crippen molar-refractivity contribution in [3.63, 3.8) is 0 Å². The summed E-state index contributed by atoms with van der Waals surface area (Å²) in [5, 5.41) is 15.2. The number of aliphatic hydroxyl groups is 1. The maximum atomic E-state index is 12.6. The van der Waals surface area contributed by atoms with E-state index in [4.69, 9.17) is 0 Å². The number of hydrogen-bond acceptors (Lipinski definition) is 3. The molecule has 2 atom stereocenters. The molecule has 0 saturated heterocycles. The molecule has 0 radical (unpaired) electrons. The van der Waals surface area contributed by atoms with E-state index < -0.39 is 5.54 Å². The Hall–Kier alpha value is -1.17. The number of halogens is 1. The molecule has 2 aromatic rings. The van der Waals surface area contributed by atoms with Crippen molar-refractivity contribution < 1.29 is 9.90 Å². The zero-order valence-corrected chi connectivity index (χ0v) is 15.0. The van der Waals surface area contributed by atoms with Crippen LogP contribution in [-0.2, 0) is 17.6 Å². The van der Waals surface area contributed by atoms with Gasteiger partial charge >= 0.3 is 0 Å². The molecule has 3 nitrogen and oxygen atoms in total. The first kappa shape index (κ1) is 15.4. The van der Waals surface area contributed by atoms with Gasteiger partial charge in [-0.05, 0) is 69.2 Å². The van der Waals surface area contributed by atoms with Gasteiger partial charge in [-0.25, -0.2) is 0 Å². The highest BCUT2D eigenvalue weighted by molar-refractivity contribution is 9.11. The largest absolute Gasteiger partial charge is 0.394 e. The number of carbonyl (C=O) groups is 1. The number of thiophene rings is 1. The molecule has 0 bridgehead atoms. The Kier molecular flexibility index (Phi) is 3.82. The lowest BCUT2D eigenvalue weighted by atomic mass is 9.96. The maximum absolute atomic E-state index is 12.6. The average Bonchev–Trinajstić information content (AvgIpc) is 3.10. The predicted molar refractivity (Wildman–Crippen MR) is 94.7 cm³/mol. The van der Waals surface area contributed by atoms with Crippen LogP contribution in [0.1, 0.15) is 29.0 Å². The van der Waals surface area contributed by atoms with E-state index in [1.807, 2.05) is 12.1 Å². The van der Waals surface area contributed by atoms with Crippen LogP contribution >= 0.6 is 27.3 Å². The van der Waals surface area contributed by atoms with Crippen molar-refractivity contribution in [2.24, 2.45) is 5.92 Å². The topological polar surface area (TPSA) is 49.3 Å². The second-order valence-corrected chi connectivity index (χ2v) is 8.97. The van der Waals surface area contributed by atoms with Crippen LogP contribution in [0.15, 0.2) is 39.5 Å². The van der Waals surface area contributed by atoms with Crippen LogP contribution in [0.2, 0.25) is 0 Å². The molecule has 5 heteroatoms. The smallest absolute Gasteiger partial charge is 0.224 e. The zero-order chi connectivity index (χ0) is 16.0. The monoisotopic (exact) mass is 391 g/mol. The lowest BCUT2D eigenvalue weighted by molar-refractivity contribution is -0.124. The molecule has 1 heterocycles. The Morgan fingerprint density at radius 3 is 2.61 bits per heavy atom. The number of hydrogen-bond donors (Lipinski definition) is 2. The molecular weight excluding hydrogens is 374 g/mol. The Morgan fingerprint density at radius 2 is 2.04 bits per heavy atom. The van der Waals surface area contributed by atoms with Gasteiger partial charge in [0.05, 0.1) is 15.9 Å². The maximum Gasteiger partial charge on any atom is 0.224 e. The molecule has 1 fully saturated rings. The number of aliphatic hydroxyl groups excluding tert-OH is 1. The highest BCUT2D eigenvalue weighted by Crippen LogP contribution is 2.49. The molecule has 0 spiro atoms. The van der Waals surface area contributed by atoms with Crippen molar-refractivity contribution in [1.82, 2.24) is 5.32 Å². The molecule has 120 valence electrons. The van der Waals surface area contributed by atoms with Gasteiger partial charge in [0.15, 0.2) is 0 Å². The number of carbonyl (C=O) groups excluding carboxylic acids is 1. The standard InChI is InChI=1S/C18H18BrNO2S/c19-16-5-13(9-23-16)14-6-15(14)17(22)20-18(10-21)7-11-3-1-2-4-12(11)8-18/h1-5,9,14-15,21H,6-8,10H2,(H,20,22)/t14-,15+/m0/s1. The average molecular weight is 392 g/mol. The van der Waals surface area contributed by atoms with Crippen LogP contribution in [0.25, 0.3) is 0 Å². The fourth-order valence-electron chi connectivity index (χ4n) is 3.66. The van der Waals surface area contributed by atoms with Crippen molar-refractivity contribution >= 4 is 33.2 Å². The quantitative estimate of drug-likeness (QED) is 0.839. The van der Waals surface area contributed by atoms with Crippen molar-refractivity contribution in [1.29, 1.82) is 0 Å². The van der Waals surface area contributed by atoms with Gasteiger partial charge in [-0.1, -0.05) is 24.3 Å². The molecule has 1 aromatic heterocycles. The minimum absolute atomic E-state index is 0.0190. The SMILES string of the molecule is O=C(NC1(CO)Cc2ccccc2C1)[C@@H]1C[C@H]1c1csc(Br)c1. The first-order valence-corrected chi connectivity index (χ1v) is 9.51. The molecule has 2 aliphatic carbocycles. The Morgan fingerprint density at radius 1 is 1.35 bits per heavy atom. The van der Waals surface area contributed by atoms with E-state index >= 15 is 0 Å². The van der Waals surface area contributed by atoms with E-state index in [-0.39, 0.29) is 18.4 Å². The third kappa shape index (κ3) is 2.86. The molecule has 2 N–H and O–H groups in total. The van der Waals surface area contributed by atoms with Gasteiger partial charge < -0.3 is 10.4 Å². The predicted octanol–water partition coefficient (Wildman–Crippen LogP) is 3.26. The highest BCUT2D eigenvalue weighted by atomic mass is 79.9. The lowest BCUT2D eigenvalue weighted by Crippen LogP contribution is -2.52. The summed E-state index contributed by atoms with van der Waals surface area (Å²) in [6.45, 7) is -0.0190. The second-order valence-electron chi connectivity index (χ2n) is 6.68. The molecule has 0 aliphatic heterocycles. The zero-order valence-electron chi connectivity index (χ0n) is 12.6. The van der Waals surface area contributed by atoms with Crippen LogP contribution in [0.3, 0.4) is 0 Å². The van der Waals surface area contributed by atoms with E-state index in [9.17, 15) is 9.90 Å². The number of rotatable bonds is 4. The molecule has 1 amide bonds. The summed E-state index contributed by atoms with van der Waals surface area (Å²) in [5.74, 6) is 0.458. The number of fused-ring (bicyclic) bond motifs is 1. The second kappa shape index (κ2) is 5.72.